The monoisotopic (exact) mass is 792 g/mol. The number of aliphatic hydroxyl groups is 1. The zero-order valence-corrected chi connectivity index (χ0v) is 35.1. The van der Waals surface area contributed by atoms with Gasteiger partial charge in [0.15, 0.2) is 18.4 Å². The predicted octanol–water partition coefficient (Wildman–Crippen LogP) is 6.00. The van der Waals surface area contributed by atoms with Gasteiger partial charge in [0.2, 0.25) is 0 Å². The highest BCUT2D eigenvalue weighted by molar-refractivity contribution is 5.68. The molecule has 13 heteroatoms. The first kappa shape index (κ1) is 40.6. The van der Waals surface area contributed by atoms with Gasteiger partial charge in [-0.25, -0.2) is 4.68 Å². The lowest BCUT2D eigenvalue weighted by molar-refractivity contribution is -0.183. The molecule has 3 aliphatic heterocycles. The Morgan fingerprint density at radius 1 is 1.00 bits per heavy atom. The van der Waals surface area contributed by atoms with Crippen LogP contribution < -0.4 is 0 Å². The topological polar surface area (TPSA) is 152 Å². The van der Waals surface area contributed by atoms with Crippen LogP contribution in [0.1, 0.15) is 132 Å². The van der Waals surface area contributed by atoms with Crippen molar-refractivity contribution in [2.75, 3.05) is 6.54 Å². The molecule has 1 aromatic rings. The molecule has 4 aliphatic carbocycles. The van der Waals surface area contributed by atoms with Crippen molar-refractivity contribution in [3.05, 3.63) is 34.7 Å². The maximum absolute atomic E-state index is 12.4. The third-order valence-corrected chi connectivity index (χ3v) is 15.5. The first-order chi connectivity index (χ1) is 27.1. The third-order valence-electron chi connectivity index (χ3n) is 15.5. The summed E-state index contributed by atoms with van der Waals surface area (Å²) in [6.45, 7) is 16.9. The Kier molecular flexibility index (Phi) is 11.0. The molecule has 1 spiro atoms. The van der Waals surface area contributed by atoms with Crippen molar-refractivity contribution in [1.29, 1.82) is 0 Å². The van der Waals surface area contributed by atoms with Gasteiger partial charge >= 0.3 is 17.9 Å². The van der Waals surface area contributed by atoms with E-state index < -0.39 is 48.6 Å². The number of allylic oxidation sites excluding steroid dienone is 2. The van der Waals surface area contributed by atoms with Crippen molar-refractivity contribution in [2.45, 2.75) is 181 Å². The van der Waals surface area contributed by atoms with Crippen LogP contribution >= 0.6 is 0 Å². The van der Waals surface area contributed by atoms with E-state index in [0.717, 1.165) is 57.2 Å². The van der Waals surface area contributed by atoms with Crippen LogP contribution in [0, 0.1) is 35.0 Å². The van der Waals surface area contributed by atoms with Crippen LogP contribution in [0.25, 0.3) is 0 Å². The minimum atomic E-state index is -0.898. The molecular formula is C44H64N4O9. The second-order valence-corrected chi connectivity index (χ2v) is 18.9. The Balaban J connectivity index is 1.04. The molecule has 8 rings (SSSR count). The van der Waals surface area contributed by atoms with E-state index in [0.29, 0.717) is 36.6 Å². The quantitative estimate of drug-likeness (QED) is 0.196. The zero-order valence-electron chi connectivity index (χ0n) is 35.1. The van der Waals surface area contributed by atoms with Gasteiger partial charge < -0.3 is 28.8 Å². The molecule has 0 radical (unpaired) electrons. The molecular weight excluding hydrogens is 729 g/mol. The van der Waals surface area contributed by atoms with Crippen LogP contribution in [0.3, 0.4) is 0 Å². The summed E-state index contributed by atoms with van der Waals surface area (Å²) >= 11 is 0. The molecule has 57 heavy (non-hydrogen) atoms. The molecule has 314 valence electrons. The maximum atomic E-state index is 12.4. The van der Waals surface area contributed by atoms with Gasteiger partial charge in [0, 0.05) is 52.2 Å². The number of esters is 3. The predicted molar refractivity (Wildman–Crippen MR) is 208 cm³/mol. The lowest BCUT2D eigenvalue weighted by atomic mass is 9.56. The van der Waals surface area contributed by atoms with Crippen molar-refractivity contribution in [3.8, 4) is 0 Å². The van der Waals surface area contributed by atoms with Gasteiger partial charge in [0.25, 0.3) is 0 Å². The number of nitrogens with zero attached hydrogens (tertiary/aromatic N) is 4. The number of hydrogen-bond acceptors (Lipinski definition) is 12. The normalized spacial score (nSPS) is 43.0. The zero-order chi connectivity index (χ0) is 40.6. The number of rotatable bonds is 7. The van der Waals surface area contributed by atoms with Gasteiger partial charge in [-0.3, -0.25) is 19.3 Å². The first-order valence-electron chi connectivity index (χ1n) is 21.7. The van der Waals surface area contributed by atoms with E-state index >= 15 is 0 Å². The molecule has 0 aromatic carbocycles. The number of aromatic nitrogens is 3. The van der Waals surface area contributed by atoms with Crippen molar-refractivity contribution >= 4 is 17.9 Å². The van der Waals surface area contributed by atoms with E-state index in [1.807, 2.05) is 13.1 Å². The Hall–Kier alpha value is -3.13. The number of carbonyl (C=O) groups is 3. The fourth-order valence-electron chi connectivity index (χ4n) is 13.0. The Morgan fingerprint density at radius 2 is 1.74 bits per heavy atom. The maximum Gasteiger partial charge on any atom is 0.303 e. The molecule has 4 heterocycles. The highest BCUT2D eigenvalue weighted by Crippen LogP contribution is 2.65. The molecule has 15 atom stereocenters. The number of likely N-dealkylation sites (tertiary alicyclic amines) is 1. The second kappa shape index (κ2) is 15.5. The fourth-order valence-corrected chi connectivity index (χ4v) is 13.0. The molecule has 5 fully saturated rings. The number of hydrogen-bond donors (Lipinski definition) is 1. The standard InChI is InChI=1S/C44H64N4O9/c1-9-36-41(55-28(7)51)38(53-26(5)49)19-39(54-27(6)50)42(56-36)48-22-30(45-46-48)21-47-20-23(2)16-37-40(47)25(4)44(57-37)15-13-32-33-11-10-29-17-31(52)12-14-43(29,8)35(33)18-34(32)24(44)3/h10,22-23,25,31-33,35-42,52H,9,11-21H2,1-8H3. The summed E-state index contributed by atoms with van der Waals surface area (Å²) in [5, 5.41) is 19.7. The van der Waals surface area contributed by atoms with E-state index in [2.05, 4.69) is 49.0 Å². The Labute approximate surface area is 337 Å². The Morgan fingerprint density at radius 3 is 2.46 bits per heavy atom. The molecule has 15 unspecified atom stereocenters. The van der Waals surface area contributed by atoms with Gasteiger partial charge in [-0.15, -0.1) is 5.10 Å². The lowest BCUT2D eigenvalue weighted by Crippen LogP contribution is -2.51. The summed E-state index contributed by atoms with van der Waals surface area (Å²) in [7, 11) is 0. The average molecular weight is 793 g/mol. The van der Waals surface area contributed by atoms with Crippen LogP contribution in [0.2, 0.25) is 0 Å². The summed E-state index contributed by atoms with van der Waals surface area (Å²) in [5.41, 5.74) is 5.31. The summed E-state index contributed by atoms with van der Waals surface area (Å²) in [4.78, 5) is 39.3. The largest absolute Gasteiger partial charge is 0.458 e. The number of piperidine rings is 1. The number of ether oxygens (including phenoxy) is 5. The van der Waals surface area contributed by atoms with Crippen LogP contribution in [-0.2, 0) is 44.6 Å². The van der Waals surface area contributed by atoms with Crippen molar-refractivity contribution in [3.63, 3.8) is 0 Å². The van der Waals surface area contributed by atoms with E-state index in [1.54, 1.807) is 10.3 Å². The second-order valence-electron chi connectivity index (χ2n) is 18.9. The molecule has 1 N–H and O–H groups in total. The summed E-state index contributed by atoms with van der Waals surface area (Å²) in [6, 6.07) is 0.217. The SMILES string of the molecule is CCC1OC(n2cc(CN3CC(C)CC4OC5(CCC6C(=C5C)CC5C6CC=C6CC(O)CCC65C)C(C)C43)nn2)C(OC(C)=O)CC(OC(C)=O)C1OC(C)=O. The average Bonchev–Trinajstić information content (AvgIpc) is 3.81. The first-order valence-corrected chi connectivity index (χ1v) is 21.7. The van der Waals surface area contributed by atoms with Crippen LogP contribution in [0.5, 0.6) is 0 Å². The van der Waals surface area contributed by atoms with E-state index in [-0.39, 0.29) is 41.6 Å². The number of fused-ring (bicyclic) bond motifs is 6. The van der Waals surface area contributed by atoms with Crippen LogP contribution in [-0.4, -0.2) is 97.7 Å². The van der Waals surface area contributed by atoms with Crippen molar-refractivity contribution < 1.29 is 43.2 Å². The summed E-state index contributed by atoms with van der Waals surface area (Å²) in [6.07, 6.45) is 8.89. The third kappa shape index (κ3) is 7.20. The highest BCUT2D eigenvalue weighted by atomic mass is 16.6. The van der Waals surface area contributed by atoms with Gasteiger partial charge in [-0.1, -0.05) is 50.1 Å². The molecule has 0 bridgehead atoms. The lowest BCUT2D eigenvalue weighted by Gasteiger charge is -2.49. The van der Waals surface area contributed by atoms with Gasteiger partial charge in [0.05, 0.1) is 29.7 Å². The van der Waals surface area contributed by atoms with Gasteiger partial charge in [-0.05, 0) is 99.4 Å². The molecule has 13 nitrogen and oxygen atoms in total. The molecule has 7 aliphatic rings. The van der Waals surface area contributed by atoms with Crippen molar-refractivity contribution in [2.24, 2.45) is 35.0 Å². The van der Waals surface area contributed by atoms with E-state index in [9.17, 15) is 19.5 Å². The number of carbonyl (C=O) groups excluding carboxylic acids is 3. The van der Waals surface area contributed by atoms with E-state index in [4.69, 9.17) is 23.7 Å². The summed E-state index contributed by atoms with van der Waals surface area (Å²) < 4.78 is 32.6. The Bertz CT molecular complexity index is 1790. The summed E-state index contributed by atoms with van der Waals surface area (Å²) in [5.74, 6) is 1.07. The van der Waals surface area contributed by atoms with E-state index in [1.165, 1.54) is 38.3 Å². The molecule has 1 aromatic heterocycles. The smallest absolute Gasteiger partial charge is 0.303 e. The molecule has 0 amide bonds. The van der Waals surface area contributed by atoms with Crippen molar-refractivity contribution in [1.82, 2.24) is 19.9 Å². The molecule has 2 saturated carbocycles. The highest BCUT2D eigenvalue weighted by Gasteiger charge is 2.62. The van der Waals surface area contributed by atoms with Gasteiger partial charge in [-0.2, -0.15) is 0 Å². The van der Waals surface area contributed by atoms with Crippen LogP contribution in [0.4, 0.5) is 0 Å². The van der Waals surface area contributed by atoms with Crippen LogP contribution in [0.15, 0.2) is 29.0 Å². The van der Waals surface area contributed by atoms with Gasteiger partial charge in [0.1, 0.15) is 12.2 Å². The minimum Gasteiger partial charge on any atom is -0.458 e. The fraction of sp³-hybridized carbons (Fsp3) is 0.795. The molecule has 3 saturated heterocycles. The minimum absolute atomic E-state index is 0.0506. The number of aliphatic hydroxyl groups excluding tert-OH is 1.